The third-order valence-electron chi connectivity index (χ3n) is 3.18. The highest BCUT2D eigenvalue weighted by Crippen LogP contribution is 2.14. The normalized spacial score (nSPS) is 10.7. The second-order valence-electron chi connectivity index (χ2n) is 4.66. The molecule has 0 aliphatic heterocycles. The molecule has 3 aromatic rings. The molecular weight excluding hydrogens is 286 g/mol. The summed E-state index contributed by atoms with van der Waals surface area (Å²) in [5.41, 5.74) is 0.973. The van der Waals surface area contributed by atoms with Crippen LogP contribution in [-0.4, -0.2) is 17.4 Å². The molecule has 4 nitrogen and oxygen atoms in total. The van der Waals surface area contributed by atoms with Crippen LogP contribution in [0.25, 0.3) is 0 Å². The van der Waals surface area contributed by atoms with Gasteiger partial charge in [-0.25, -0.2) is 0 Å². The van der Waals surface area contributed by atoms with Crippen molar-refractivity contribution in [3.05, 3.63) is 70.7 Å². The van der Waals surface area contributed by atoms with Gasteiger partial charge in [0.2, 0.25) is 0 Å². The molecule has 0 spiro atoms. The minimum atomic E-state index is -0.0993. The topological polar surface area (TPSA) is 46.6 Å². The fraction of sp³-hybridized carbons (Fsp3) is 0.188. The van der Waals surface area contributed by atoms with Gasteiger partial charge in [0, 0.05) is 23.5 Å². The maximum absolute atomic E-state index is 12.5. The van der Waals surface area contributed by atoms with Gasteiger partial charge in [-0.15, -0.1) is 11.3 Å². The summed E-state index contributed by atoms with van der Waals surface area (Å²) in [6.07, 6.45) is 5.63. The summed E-state index contributed by atoms with van der Waals surface area (Å²) < 4.78 is 10.3. The molecule has 3 heterocycles. The Morgan fingerprint density at radius 2 is 2.14 bits per heavy atom. The van der Waals surface area contributed by atoms with Crippen molar-refractivity contribution in [3.63, 3.8) is 0 Å². The van der Waals surface area contributed by atoms with Crippen molar-refractivity contribution < 1.29 is 13.6 Å². The van der Waals surface area contributed by atoms with E-state index in [9.17, 15) is 4.79 Å². The van der Waals surface area contributed by atoms with Crippen LogP contribution in [0, 0.1) is 0 Å². The van der Waals surface area contributed by atoms with Crippen molar-refractivity contribution in [1.29, 1.82) is 0 Å². The maximum atomic E-state index is 12.5. The van der Waals surface area contributed by atoms with Crippen LogP contribution in [0.3, 0.4) is 0 Å². The molecule has 0 aliphatic rings. The molecule has 0 fully saturated rings. The average Bonchev–Trinajstić information content (AvgIpc) is 3.26. The van der Waals surface area contributed by atoms with Gasteiger partial charge in [0.1, 0.15) is 0 Å². The Kier molecular flexibility index (Phi) is 4.21. The van der Waals surface area contributed by atoms with Gasteiger partial charge in [0.25, 0.3) is 5.91 Å². The smallest absolute Gasteiger partial charge is 0.289 e. The fourth-order valence-corrected chi connectivity index (χ4v) is 2.81. The Morgan fingerprint density at radius 3 is 2.81 bits per heavy atom. The number of rotatable bonds is 6. The molecule has 0 saturated carbocycles. The molecule has 0 saturated heterocycles. The summed E-state index contributed by atoms with van der Waals surface area (Å²) in [5, 5.41) is 2.05. The molecule has 3 rings (SSSR count). The largest absolute Gasteiger partial charge is 0.472 e. The number of thiophene rings is 1. The highest BCUT2D eigenvalue weighted by Gasteiger charge is 2.19. The lowest BCUT2D eigenvalue weighted by Crippen LogP contribution is -2.32. The first kappa shape index (κ1) is 13.7. The van der Waals surface area contributed by atoms with E-state index in [-0.39, 0.29) is 5.91 Å². The quantitative estimate of drug-likeness (QED) is 0.695. The van der Waals surface area contributed by atoms with Crippen LogP contribution < -0.4 is 0 Å². The first-order chi connectivity index (χ1) is 10.3. The monoisotopic (exact) mass is 301 g/mol. The zero-order chi connectivity index (χ0) is 14.5. The molecule has 0 bridgehead atoms. The van der Waals surface area contributed by atoms with Crippen molar-refractivity contribution in [2.24, 2.45) is 0 Å². The standard InChI is InChI=1S/C16H15NO3S/c18-16(15-4-1-8-20-15)17(11-13-6-9-19-12-13)7-5-14-3-2-10-21-14/h1-4,6,8-10,12H,5,7,11H2. The van der Waals surface area contributed by atoms with Crippen LogP contribution in [0.1, 0.15) is 21.0 Å². The van der Waals surface area contributed by atoms with Crippen molar-refractivity contribution >= 4 is 17.2 Å². The van der Waals surface area contributed by atoms with E-state index in [2.05, 4.69) is 6.07 Å². The van der Waals surface area contributed by atoms with Gasteiger partial charge in [0.15, 0.2) is 5.76 Å². The molecule has 0 unspecified atom stereocenters. The summed E-state index contributed by atoms with van der Waals surface area (Å²) in [6, 6.07) is 9.39. The SMILES string of the molecule is O=C(c1ccco1)N(CCc1cccs1)Cc1ccoc1. The molecule has 0 atom stereocenters. The Bertz CT molecular complexity index is 657. The Labute approximate surface area is 126 Å². The first-order valence-corrected chi connectivity index (χ1v) is 7.57. The van der Waals surface area contributed by atoms with E-state index in [0.717, 1.165) is 12.0 Å². The van der Waals surface area contributed by atoms with E-state index < -0.39 is 0 Å². The van der Waals surface area contributed by atoms with Gasteiger partial charge in [-0.2, -0.15) is 0 Å². The lowest BCUT2D eigenvalue weighted by molar-refractivity contribution is 0.0713. The van der Waals surface area contributed by atoms with E-state index in [1.54, 1.807) is 40.9 Å². The van der Waals surface area contributed by atoms with Crippen LogP contribution >= 0.6 is 11.3 Å². The van der Waals surface area contributed by atoms with Crippen molar-refractivity contribution in [1.82, 2.24) is 4.90 Å². The van der Waals surface area contributed by atoms with Crippen LogP contribution in [0.5, 0.6) is 0 Å². The maximum Gasteiger partial charge on any atom is 0.289 e. The fourth-order valence-electron chi connectivity index (χ4n) is 2.11. The number of amides is 1. The zero-order valence-electron chi connectivity index (χ0n) is 11.4. The summed E-state index contributed by atoms with van der Waals surface area (Å²) in [4.78, 5) is 15.5. The Hall–Kier alpha value is -2.27. The molecule has 108 valence electrons. The molecular formula is C16H15NO3S. The van der Waals surface area contributed by atoms with Crippen LogP contribution in [0.4, 0.5) is 0 Å². The Morgan fingerprint density at radius 1 is 1.19 bits per heavy atom. The van der Waals surface area contributed by atoms with Crippen molar-refractivity contribution in [2.75, 3.05) is 6.54 Å². The van der Waals surface area contributed by atoms with E-state index in [4.69, 9.17) is 8.83 Å². The number of carbonyl (C=O) groups excluding carboxylic acids is 1. The summed E-state index contributed by atoms with van der Waals surface area (Å²) >= 11 is 1.70. The van der Waals surface area contributed by atoms with Gasteiger partial charge in [-0.05, 0) is 36.1 Å². The van der Waals surface area contributed by atoms with Crippen LogP contribution in [-0.2, 0) is 13.0 Å². The molecule has 1 amide bonds. The number of carbonyl (C=O) groups is 1. The lowest BCUT2D eigenvalue weighted by Gasteiger charge is -2.20. The van der Waals surface area contributed by atoms with Crippen molar-refractivity contribution in [2.45, 2.75) is 13.0 Å². The predicted molar refractivity (Wildman–Crippen MR) is 80.2 cm³/mol. The first-order valence-electron chi connectivity index (χ1n) is 6.69. The number of hydrogen-bond acceptors (Lipinski definition) is 4. The zero-order valence-corrected chi connectivity index (χ0v) is 12.2. The van der Waals surface area contributed by atoms with Gasteiger partial charge < -0.3 is 13.7 Å². The minimum absolute atomic E-state index is 0.0993. The van der Waals surface area contributed by atoms with Gasteiger partial charge in [0.05, 0.1) is 18.8 Å². The number of furan rings is 2. The Balaban J connectivity index is 1.72. The van der Waals surface area contributed by atoms with E-state index in [1.807, 2.05) is 17.5 Å². The lowest BCUT2D eigenvalue weighted by atomic mass is 10.2. The summed E-state index contributed by atoms with van der Waals surface area (Å²) in [5.74, 6) is 0.266. The molecule has 5 heteroatoms. The van der Waals surface area contributed by atoms with Crippen LogP contribution in [0.15, 0.2) is 63.3 Å². The van der Waals surface area contributed by atoms with E-state index in [0.29, 0.717) is 18.8 Å². The highest BCUT2D eigenvalue weighted by molar-refractivity contribution is 7.09. The van der Waals surface area contributed by atoms with E-state index in [1.165, 1.54) is 11.1 Å². The number of hydrogen-bond donors (Lipinski definition) is 0. The van der Waals surface area contributed by atoms with Gasteiger partial charge in [-0.3, -0.25) is 4.79 Å². The summed E-state index contributed by atoms with van der Waals surface area (Å²) in [7, 11) is 0. The second kappa shape index (κ2) is 6.45. The minimum Gasteiger partial charge on any atom is -0.472 e. The van der Waals surface area contributed by atoms with E-state index >= 15 is 0 Å². The molecule has 0 N–H and O–H groups in total. The number of nitrogens with zero attached hydrogens (tertiary/aromatic N) is 1. The molecule has 0 aromatic carbocycles. The predicted octanol–water partition coefficient (Wildman–Crippen LogP) is 3.82. The highest BCUT2D eigenvalue weighted by atomic mass is 32.1. The molecule has 21 heavy (non-hydrogen) atoms. The molecule has 3 aromatic heterocycles. The molecule has 0 radical (unpaired) electrons. The molecule has 0 aliphatic carbocycles. The second-order valence-corrected chi connectivity index (χ2v) is 5.70. The third-order valence-corrected chi connectivity index (χ3v) is 4.12. The average molecular weight is 301 g/mol. The third kappa shape index (κ3) is 3.44. The van der Waals surface area contributed by atoms with Crippen molar-refractivity contribution in [3.8, 4) is 0 Å². The van der Waals surface area contributed by atoms with Gasteiger partial charge >= 0.3 is 0 Å². The summed E-state index contributed by atoms with van der Waals surface area (Å²) in [6.45, 7) is 1.16. The van der Waals surface area contributed by atoms with Gasteiger partial charge in [-0.1, -0.05) is 6.07 Å². The van der Waals surface area contributed by atoms with Crippen LogP contribution in [0.2, 0.25) is 0 Å².